The number of aryl methyl sites for hydroxylation is 2. The Balaban J connectivity index is 2.47. The highest BCUT2D eigenvalue weighted by Gasteiger charge is 2.13. The van der Waals surface area contributed by atoms with Crippen molar-refractivity contribution in [3.63, 3.8) is 0 Å². The molecule has 0 fully saturated rings. The zero-order chi connectivity index (χ0) is 15.2. The Kier molecular flexibility index (Phi) is 5.54. The Labute approximate surface area is 128 Å². The first kappa shape index (κ1) is 15.7. The molecule has 114 valence electrons. The number of unbranched alkanes of at least 4 members (excludes halogenated alkanes) is 2. The number of rotatable bonds is 7. The lowest BCUT2D eigenvalue weighted by Gasteiger charge is -2.25. The van der Waals surface area contributed by atoms with E-state index in [-0.39, 0.29) is 0 Å². The normalized spacial score (nSPS) is 11.0. The van der Waals surface area contributed by atoms with Gasteiger partial charge in [-0.2, -0.15) is 0 Å². The minimum Gasteiger partial charge on any atom is -0.356 e. The zero-order valence-corrected chi connectivity index (χ0v) is 13.8. The van der Waals surface area contributed by atoms with Gasteiger partial charge < -0.3 is 4.90 Å². The first-order chi connectivity index (χ1) is 10.2. The maximum atomic E-state index is 4.76. The van der Waals surface area contributed by atoms with Crippen LogP contribution in [0.4, 0.5) is 5.82 Å². The van der Waals surface area contributed by atoms with Crippen molar-refractivity contribution in [3.8, 4) is 0 Å². The molecule has 1 aromatic carbocycles. The summed E-state index contributed by atoms with van der Waals surface area (Å²) in [5, 5.41) is 1.19. The van der Waals surface area contributed by atoms with E-state index in [9.17, 15) is 0 Å². The van der Waals surface area contributed by atoms with Gasteiger partial charge in [0.05, 0.1) is 5.52 Å². The molecule has 21 heavy (non-hydrogen) atoms. The van der Waals surface area contributed by atoms with Crippen LogP contribution in [-0.4, -0.2) is 23.1 Å². The van der Waals surface area contributed by atoms with E-state index in [2.05, 4.69) is 48.9 Å². The van der Waals surface area contributed by atoms with Crippen LogP contribution in [0.2, 0.25) is 0 Å². The topological polar surface area (TPSA) is 29.0 Å². The van der Waals surface area contributed by atoms with Crippen molar-refractivity contribution in [1.82, 2.24) is 9.97 Å². The van der Waals surface area contributed by atoms with Crippen molar-refractivity contribution in [3.05, 3.63) is 29.6 Å². The highest BCUT2D eigenvalue weighted by molar-refractivity contribution is 5.91. The molecule has 0 saturated heterocycles. The molecule has 0 unspecified atom stereocenters. The average molecular weight is 285 g/mol. The molecule has 0 amide bonds. The summed E-state index contributed by atoms with van der Waals surface area (Å²) >= 11 is 0. The summed E-state index contributed by atoms with van der Waals surface area (Å²) in [7, 11) is 0. The van der Waals surface area contributed by atoms with E-state index in [1.807, 2.05) is 6.92 Å². The molecule has 2 aromatic rings. The number of benzene rings is 1. The van der Waals surface area contributed by atoms with E-state index in [1.165, 1.54) is 36.6 Å². The summed E-state index contributed by atoms with van der Waals surface area (Å²) in [6.45, 7) is 10.8. The quantitative estimate of drug-likeness (QED) is 0.741. The SMILES string of the molecule is CCCCN(CCCC)c1nc(C)nc2c(C)cccc12. The molecular formula is C18H27N3. The molecule has 0 saturated carbocycles. The highest BCUT2D eigenvalue weighted by Crippen LogP contribution is 2.26. The summed E-state index contributed by atoms with van der Waals surface area (Å²) in [6.07, 6.45) is 4.84. The van der Waals surface area contributed by atoms with Crippen LogP contribution >= 0.6 is 0 Å². The van der Waals surface area contributed by atoms with Gasteiger partial charge in [0.25, 0.3) is 0 Å². The lowest BCUT2D eigenvalue weighted by molar-refractivity contribution is 0.672. The van der Waals surface area contributed by atoms with E-state index < -0.39 is 0 Å². The number of fused-ring (bicyclic) bond motifs is 1. The van der Waals surface area contributed by atoms with Crippen molar-refractivity contribution < 1.29 is 0 Å². The smallest absolute Gasteiger partial charge is 0.140 e. The summed E-state index contributed by atoms with van der Waals surface area (Å²) in [5.74, 6) is 1.98. The monoisotopic (exact) mass is 285 g/mol. The third-order valence-corrected chi connectivity index (χ3v) is 3.88. The molecule has 3 nitrogen and oxygen atoms in total. The van der Waals surface area contributed by atoms with Crippen LogP contribution < -0.4 is 4.90 Å². The van der Waals surface area contributed by atoms with Gasteiger partial charge in [-0.05, 0) is 38.3 Å². The van der Waals surface area contributed by atoms with Gasteiger partial charge in [0.2, 0.25) is 0 Å². The molecular weight excluding hydrogens is 258 g/mol. The number of anilines is 1. The van der Waals surface area contributed by atoms with E-state index in [4.69, 9.17) is 4.98 Å². The first-order valence-corrected chi connectivity index (χ1v) is 8.16. The standard InChI is InChI=1S/C18H27N3/c1-5-7-12-21(13-8-6-2)18-16-11-9-10-14(3)17(16)19-15(4)20-18/h9-11H,5-8,12-13H2,1-4H3. The van der Waals surface area contributed by atoms with E-state index >= 15 is 0 Å². The van der Waals surface area contributed by atoms with Crippen LogP contribution in [0, 0.1) is 13.8 Å². The fourth-order valence-electron chi connectivity index (χ4n) is 2.65. The van der Waals surface area contributed by atoms with Gasteiger partial charge in [0.15, 0.2) is 0 Å². The predicted octanol–water partition coefficient (Wildman–Crippen LogP) is 4.65. The largest absolute Gasteiger partial charge is 0.356 e. The molecule has 0 aliphatic rings. The Hall–Kier alpha value is -1.64. The minimum absolute atomic E-state index is 0.866. The van der Waals surface area contributed by atoms with Gasteiger partial charge in [-0.15, -0.1) is 0 Å². The van der Waals surface area contributed by atoms with Crippen molar-refractivity contribution in [2.24, 2.45) is 0 Å². The number of nitrogens with zero attached hydrogens (tertiary/aromatic N) is 3. The Bertz CT molecular complexity index is 584. The number of hydrogen-bond acceptors (Lipinski definition) is 3. The summed E-state index contributed by atoms with van der Waals surface area (Å²) < 4.78 is 0. The lowest BCUT2D eigenvalue weighted by Crippen LogP contribution is -2.27. The number of para-hydroxylation sites is 1. The maximum Gasteiger partial charge on any atom is 0.140 e. The van der Waals surface area contributed by atoms with Crippen molar-refractivity contribution in [1.29, 1.82) is 0 Å². The second kappa shape index (κ2) is 7.39. The van der Waals surface area contributed by atoms with Gasteiger partial charge in [0.1, 0.15) is 11.6 Å². The molecule has 1 aromatic heterocycles. The predicted molar refractivity (Wildman–Crippen MR) is 91.0 cm³/mol. The van der Waals surface area contributed by atoms with E-state index in [0.29, 0.717) is 0 Å². The molecule has 0 aliphatic carbocycles. The summed E-state index contributed by atoms with van der Waals surface area (Å²) in [6, 6.07) is 6.39. The molecule has 3 heteroatoms. The molecule has 1 heterocycles. The molecule has 0 N–H and O–H groups in total. The molecule has 0 atom stereocenters. The lowest BCUT2D eigenvalue weighted by atomic mass is 10.1. The van der Waals surface area contributed by atoms with Crippen LogP contribution in [0.3, 0.4) is 0 Å². The number of aromatic nitrogens is 2. The maximum absolute atomic E-state index is 4.76. The molecule has 2 rings (SSSR count). The fraction of sp³-hybridized carbons (Fsp3) is 0.556. The van der Waals surface area contributed by atoms with E-state index in [1.54, 1.807) is 0 Å². The van der Waals surface area contributed by atoms with Crippen LogP contribution in [-0.2, 0) is 0 Å². The minimum atomic E-state index is 0.866. The zero-order valence-electron chi connectivity index (χ0n) is 13.8. The van der Waals surface area contributed by atoms with Crippen molar-refractivity contribution in [2.75, 3.05) is 18.0 Å². The molecule has 0 aliphatic heterocycles. The average Bonchev–Trinajstić information content (AvgIpc) is 2.48. The highest BCUT2D eigenvalue weighted by atomic mass is 15.2. The number of hydrogen-bond donors (Lipinski definition) is 0. The van der Waals surface area contributed by atoms with Gasteiger partial charge in [-0.1, -0.05) is 38.8 Å². The summed E-state index contributed by atoms with van der Waals surface area (Å²) in [5.41, 5.74) is 2.32. The van der Waals surface area contributed by atoms with Crippen molar-refractivity contribution >= 4 is 16.7 Å². The van der Waals surface area contributed by atoms with Gasteiger partial charge in [-0.3, -0.25) is 0 Å². The van der Waals surface area contributed by atoms with Gasteiger partial charge in [0, 0.05) is 18.5 Å². The van der Waals surface area contributed by atoms with Crippen LogP contribution in [0.15, 0.2) is 18.2 Å². The second-order valence-electron chi connectivity index (χ2n) is 5.76. The van der Waals surface area contributed by atoms with E-state index in [0.717, 1.165) is 30.2 Å². The fourth-order valence-corrected chi connectivity index (χ4v) is 2.65. The Morgan fingerprint density at radius 2 is 1.62 bits per heavy atom. The molecule has 0 spiro atoms. The molecule has 0 radical (unpaired) electrons. The molecule has 0 bridgehead atoms. The van der Waals surface area contributed by atoms with Gasteiger partial charge in [-0.25, -0.2) is 9.97 Å². The van der Waals surface area contributed by atoms with Crippen LogP contribution in [0.5, 0.6) is 0 Å². The Morgan fingerprint density at radius 1 is 0.952 bits per heavy atom. The third-order valence-electron chi connectivity index (χ3n) is 3.88. The van der Waals surface area contributed by atoms with Crippen molar-refractivity contribution in [2.45, 2.75) is 53.4 Å². The third kappa shape index (κ3) is 3.72. The Morgan fingerprint density at radius 3 is 2.24 bits per heavy atom. The summed E-state index contributed by atoms with van der Waals surface area (Å²) in [4.78, 5) is 11.9. The first-order valence-electron chi connectivity index (χ1n) is 8.16. The van der Waals surface area contributed by atoms with Gasteiger partial charge >= 0.3 is 0 Å². The van der Waals surface area contributed by atoms with Crippen LogP contribution in [0.1, 0.15) is 50.9 Å². The second-order valence-corrected chi connectivity index (χ2v) is 5.76. The van der Waals surface area contributed by atoms with Crippen LogP contribution in [0.25, 0.3) is 10.9 Å².